The highest BCUT2D eigenvalue weighted by molar-refractivity contribution is 6.30. The Balaban J connectivity index is 0.00000180. The molecule has 4 nitrogen and oxygen atoms in total. The number of carbonyl (C=O) groups excluding carboxylic acids is 1. The predicted octanol–water partition coefficient (Wildman–Crippen LogP) is 2.25. The molecule has 0 radical (unpaired) electrons. The van der Waals surface area contributed by atoms with Crippen LogP contribution >= 0.6 is 24.0 Å². The third-order valence-corrected chi connectivity index (χ3v) is 3.31. The Labute approximate surface area is 124 Å². The van der Waals surface area contributed by atoms with Crippen molar-refractivity contribution < 1.29 is 9.53 Å². The molecular weight excluding hydrogens is 287 g/mol. The second-order valence-electron chi connectivity index (χ2n) is 4.35. The molecule has 1 heterocycles. The smallest absolute Gasteiger partial charge is 0.255 e. The molecule has 1 aliphatic heterocycles. The molecule has 1 unspecified atom stereocenters. The van der Waals surface area contributed by atoms with E-state index in [9.17, 15) is 4.79 Å². The average molecular weight is 305 g/mol. The quantitative estimate of drug-likeness (QED) is 0.897. The Bertz CT molecular complexity index is 435. The molecule has 1 fully saturated rings. The third kappa shape index (κ3) is 4.27. The van der Waals surface area contributed by atoms with Gasteiger partial charge in [0, 0.05) is 17.6 Å². The number of carbonyl (C=O) groups is 1. The van der Waals surface area contributed by atoms with Crippen molar-refractivity contribution in [2.45, 2.75) is 18.9 Å². The molecule has 0 aliphatic carbocycles. The van der Waals surface area contributed by atoms with Gasteiger partial charge >= 0.3 is 0 Å². The number of rotatable bonds is 4. The first-order valence-corrected chi connectivity index (χ1v) is 6.43. The van der Waals surface area contributed by atoms with E-state index in [-0.39, 0.29) is 18.3 Å². The Morgan fingerprint density at radius 2 is 2.37 bits per heavy atom. The average Bonchev–Trinajstić information content (AvgIpc) is 2.88. The van der Waals surface area contributed by atoms with Crippen LogP contribution in [0.2, 0.25) is 5.02 Å². The second-order valence-corrected chi connectivity index (χ2v) is 4.78. The molecule has 1 aliphatic rings. The predicted molar refractivity (Wildman–Crippen MR) is 78.6 cm³/mol. The lowest BCUT2D eigenvalue weighted by atomic mass is 10.1. The largest absolute Gasteiger partial charge is 0.496 e. The van der Waals surface area contributed by atoms with E-state index in [1.165, 1.54) is 13.5 Å². The van der Waals surface area contributed by atoms with E-state index in [4.69, 9.17) is 16.3 Å². The number of nitrogens with one attached hydrogen (secondary N) is 2. The normalized spacial score (nSPS) is 17.7. The van der Waals surface area contributed by atoms with E-state index < -0.39 is 0 Å². The molecule has 2 N–H and O–H groups in total. The van der Waals surface area contributed by atoms with E-state index in [1.807, 2.05) is 0 Å². The van der Waals surface area contributed by atoms with Crippen molar-refractivity contribution in [3.8, 4) is 5.75 Å². The standard InChI is InChI=1S/C13H17ClN2O2.ClH/c1-18-12-7-9(14)4-5-11(12)13(17)16-8-10-3-2-6-15-10;/h4-5,7,10,15H,2-3,6,8H2,1H3,(H,16,17);1H. The zero-order chi connectivity index (χ0) is 13.0. The number of methoxy groups -OCH3 is 1. The Hall–Kier alpha value is -0.970. The summed E-state index contributed by atoms with van der Waals surface area (Å²) in [5.74, 6) is 0.372. The first-order chi connectivity index (χ1) is 8.70. The van der Waals surface area contributed by atoms with Gasteiger partial charge in [-0.15, -0.1) is 12.4 Å². The van der Waals surface area contributed by atoms with Gasteiger partial charge in [0.05, 0.1) is 12.7 Å². The fourth-order valence-corrected chi connectivity index (χ4v) is 2.26. The van der Waals surface area contributed by atoms with Crippen LogP contribution in [0.5, 0.6) is 5.75 Å². The van der Waals surface area contributed by atoms with Crippen LogP contribution in [0.1, 0.15) is 23.2 Å². The molecule has 0 saturated carbocycles. The van der Waals surface area contributed by atoms with Gasteiger partial charge in [0.25, 0.3) is 5.91 Å². The highest BCUT2D eigenvalue weighted by Gasteiger charge is 2.17. The highest BCUT2D eigenvalue weighted by atomic mass is 35.5. The van der Waals surface area contributed by atoms with Crippen molar-refractivity contribution in [3.63, 3.8) is 0 Å². The lowest BCUT2D eigenvalue weighted by Crippen LogP contribution is -2.37. The monoisotopic (exact) mass is 304 g/mol. The van der Waals surface area contributed by atoms with Crippen LogP contribution < -0.4 is 15.4 Å². The SMILES string of the molecule is COc1cc(Cl)ccc1C(=O)NCC1CCCN1.Cl. The Kier molecular flexibility index (Phi) is 6.42. The molecule has 1 atom stereocenters. The zero-order valence-corrected chi connectivity index (χ0v) is 12.3. The summed E-state index contributed by atoms with van der Waals surface area (Å²) in [5, 5.41) is 6.80. The number of benzene rings is 1. The number of halogens is 2. The maximum atomic E-state index is 12.0. The van der Waals surface area contributed by atoms with Crippen molar-refractivity contribution in [3.05, 3.63) is 28.8 Å². The molecule has 0 aromatic heterocycles. The van der Waals surface area contributed by atoms with E-state index in [2.05, 4.69) is 10.6 Å². The minimum absolute atomic E-state index is 0. The maximum Gasteiger partial charge on any atom is 0.255 e. The van der Waals surface area contributed by atoms with Crippen molar-refractivity contribution in [1.29, 1.82) is 0 Å². The number of amides is 1. The Morgan fingerprint density at radius 1 is 1.58 bits per heavy atom. The van der Waals surface area contributed by atoms with Crippen LogP contribution in [0.4, 0.5) is 0 Å². The number of hydrogen-bond acceptors (Lipinski definition) is 3. The molecule has 0 spiro atoms. The van der Waals surface area contributed by atoms with Gasteiger partial charge in [0.15, 0.2) is 0 Å². The topological polar surface area (TPSA) is 50.4 Å². The van der Waals surface area contributed by atoms with E-state index in [1.54, 1.807) is 18.2 Å². The minimum Gasteiger partial charge on any atom is -0.496 e. The summed E-state index contributed by atoms with van der Waals surface area (Å²) in [4.78, 5) is 12.0. The summed E-state index contributed by atoms with van der Waals surface area (Å²) in [5.41, 5.74) is 0.514. The van der Waals surface area contributed by atoms with Crippen LogP contribution in [0.3, 0.4) is 0 Å². The van der Waals surface area contributed by atoms with Gasteiger partial charge < -0.3 is 15.4 Å². The molecule has 1 aromatic rings. The van der Waals surface area contributed by atoms with Gasteiger partial charge in [-0.3, -0.25) is 4.79 Å². The van der Waals surface area contributed by atoms with Gasteiger partial charge in [0.1, 0.15) is 5.75 Å². The van der Waals surface area contributed by atoms with Crippen LogP contribution in [0, 0.1) is 0 Å². The molecule has 6 heteroatoms. The fourth-order valence-electron chi connectivity index (χ4n) is 2.09. The van der Waals surface area contributed by atoms with Crippen LogP contribution in [0.15, 0.2) is 18.2 Å². The number of hydrogen-bond donors (Lipinski definition) is 2. The van der Waals surface area contributed by atoms with E-state index >= 15 is 0 Å². The molecule has 0 bridgehead atoms. The molecule has 19 heavy (non-hydrogen) atoms. The first-order valence-electron chi connectivity index (χ1n) is 6.06. The molecule has 106 valence electrons. The Morgan fingerprint density at radius 3 is 3.00 bits per heavy atom. The molecule has 1 aromatic carbocycles. The van der Waals surface area contributed by atoms with E-state index in [0.29, 0.717) is 28.9 Å². The lowest BCUT2D eigenvalue weighted by molar-refractivity contribution is 0.0947. The summed E-state index contributed by atoms with van der Waals surface area (Å²) < 4.78 is 5.16. The van der Waals surface area contributed by atoms with Gasteiger partial charge in [-0.05, 0) is 37.6 Å². The summed E-state index contributed by atoms with van der Waals surface area (Å²) in [6, 6.07) is 5.39. The molecule has 2 rings (SSSR count). The van der Waals surface area contributed by atoms with Gasteiger partial charge in [-0.1, -0.05) is 11.6 Å². The summed E-state index contributed by atoms with van der Waals surface area (Å²) in [6.07, 6.45) is 2.28. The third-order valence-electron chi connectivity index (χ3n) is 3.08. The second kappa shape index (κ2) is 7.58. The van der Waals surface area contributed by atoms with E-state index in [0.717, 1.165) is 13.0 Å². The van der Waals surface area contributed by atoms with Crippen LogP contribution in [-0.4, -0.2) is 32.1 Å². The molecule has 1 saturated heterocycles. The first kappa shape index (κ1) is 16.1. The summed E-state index contributed by atoms with van der Waals surface area (Å²) in [6.45, 7) is 1.68. The minimum atomic E-state index is -0.128. The zero-order valence-electron chi connectivity index (χ0n) is 10.7. The van der Waals surface area contributed by atoms with Crippen molar-refractivity contribution in [2.75, 3.05) is 20.2 Å². The fraction of sp³-hybridized carbons (Fsp3) is 0.462. The van der Waals surface area contributed by atoms with Gasteiger partial charge in [0.2, 0.25) is 0 Å². The van der Waals surface area contributed by atoms with Gasteiger partial charge in [-0.2, -0.15) is 0 Å². The maximum absolute atomic E-state index is 12.0. The lowest BCUT2D eigenvalue weighted by Gasteiger charge is -2.13. The highest BCUT2D eigenvalue weighted by Crippen LogP contribution is 2.22. The van der Waals surface area contributed by atoms with Crippen molar-refractivity contribution >= 4 is 29.9 Å². The van der Waals surface area contributed by atoms with Crippen molar-refractivity contribution in [2.24, 2.45) is 0 Å². The summed E-state index contributed by atoms with van der Waals surface area (Å²) in [7, 11) is 1.53. The molecule has 1 amide bonds. The summed E-state index contributed by atoms with van der Waals surface area (Å²) >= 11 is 5.86. The van der Waals surface area contributed by atoms with Gasteiger partial charge in [-0.25, -0.2) is 0 Å². The van der Waals surface area contributed by atoms with Crippen LogP contribution in [0.25, 0.3) is 0 Å². The molecular formula is C13H18Cl2N2O2. The number of ether oxygens (including phenoxy) is 1. The van der Waals surface area contributed by atoms with Crippen LogP contribution in [-0.2, 0) is 0 Å². The van der Waals surface area contributed by atoms with Crippen molar-refractivity contribution in [1.82, 2.24) is 10.6 Å².